The molecule has 0 bridgehead atoms. The van der Waals surface area contributed by atoms with E-state index in [9.17, 15) is 14.4 Å². The minimum atomic E-state index is -1.03. The number of likely N-dealkylation sites (tertiary alicyclic amines) is 1. The fourth-order valence-electron chi connectivity index (χ4n) is 3.46. The molecule has 1 fully saturated rings. The Morgan fingerprint density at radius 1 is 1.25 bits per heavy atom. The standard InChI is InChI=1S/C21H30N6O4S/c1-31-13-6-16(28)18(20(30)27-10-3-2-4-11-27)25-21-24-14-17(32-21)19(29)23-7-5-9-26-12-8-22-15-26/h8,12,14-15,18H,2-7,9-11,13H2,1H3,(H,23,29)(H,24,25). The van der Waals surface area contributed by atoms with E-state index in [2.05, 4.69) is 20.6 Å². The number of Topliss-reactive ketones (excluding diaryl/α,β-unsaturated/α-hetero) is 1. The Morgan fingerprint density at radius 3 is 2.78 bits per heavy atom. The van der Waals surface area contributed by atoms with Crippen LogP contribution in [-0.4, -0.2) is 76.4 Å². The van der Waals surface area contributed by atoms with Gasteiger partial charge in [-0.3, -0.25) is 14.4 Å². The molecule has 1 aliphatic rings. The molecular weight excluding hydrogens is 432 g/mol. The third-order valence-electron chi connectivity index (χ3n) is 5.22. The Morgan fingerprint density at radius 2 is 2.06 bits per heavy atom. The lowest BCUT2D eigenvalue weighted by molar-refractivity contribution is -0.137. The highest BCUT2D eigenvalue weighted by molar-refractivity contribution is 7.17. The summed E-state index contributed by atoms with van der Waals surface area (Å²) in [4.78, 5) is 48.5. The van der Waals surface area contributed by atoms with E-state index in [0.29, 0.717) is 29.6 Å². The van der Waals surface area contributed by atoms with Crippen LogP contribution >= 0.6 is 11.3 Å². The number of carbonyl (C=O) groups is 3. The van der Waals surface area contributed by atoms with Crippen molar-refractivity contribution in [1.29, 1.82) is 0 Å². The number of rotatable bonds is 12. The van der Waals surface area contributed by atoms with Gasteiger partial charge in [-0.25, -0.2) is 9.97 Å². The summed E-state index contributed by atoms with van der Waals surface area (Å²) in [5, 5.41) is 6.20. The smallest absolute Gasteiger partial charge is 0.263 e. The first-order chi connectivity index (χ1) is 15.6. The maximum Gasteiger partial charge on any atom is 0.263 e. The molecule has 1 atom stereocenters. The summed E-state index contributed by atoms with van der Waals surface area (Å²) in [6, 6.07) is -1.03. The molecule has 3 heterocycles. The molecule has 10 nitrogen and oxygen atoms in total. The van der Waals surface area contributed by atoms with Gasteiger partial charge in [0.15, 0.2) is 17.0 Å². The summed E-state index contributed by atoms with van der Waals surface area (Å²) in [6.45, 7) is 2.83. The van der Waals surface area contributed by atoms with Gasteiger partial charge in [-0.1, -0.05) is 11.3 Å². The molecule has 1 unspecified atom stereocenters. The topological polar surface area (TPSA) is 118 Å². The number of anilines is 1. The van der Waals surface area contributed by atoms with Crippen molar-refractivity contribution in [3.05, 3.63) is 29.8 Å². The van der Waals surface area contributed by atoms with Gasteiger partial charge in [-0.2, -0.15) is 0 Å². The van der Waals surface area contributed by atoms with Gasteiger partial charge in [0.05, 0.1) is 19.1 Å². The molecular formula is C21H30N6O4S. The highest BCUT2D eigenvalue weighted by Gasteiger charge is 2.31. The van der Waals surface area contributed by atoms with E-state index in [1.54, 1.807) is 17.4 Å². The van der Waals surface area contributed by atoms with Crippen molar-refractivity contribution in [1.82, 2.24) is 24.8 Å². The number of thiazole rings is 1. The van der Waals surface area contributed by atoms with Crippen molar-refractivity contribution >= 4 is 34.1 Å². The van der Waals surface area contributed by atoms with Gasteiger partial charge in [-0.05, 0) is 25.7 Å². The zero-order valence-corrected chi connectivity index (χ0v) is 19.1. The molecule has 2 amide bonds. The van der Waals surface area contributed by atoms with Crippen LogP contribution in [-0.2, 0) is 20.9 Å². The number of aryl methyl sites for hydroxylation is 1. The molecule has 1 saturated heterocycles. The van der Waals surface area contributed by atoms with Crippen LogP contribution in [0.2, 0.25) is 0 Å². The van der Waals surface area contributed by atoms with Gasteiger partial charge in [0.2, 0.25) is 0 Å². The lowest BCUT2D eigenvalue weighted by Gasteiger charge is -2.30. The van der Waals surface area contributed by atoms with E-state index in [1.807, 2.05) is 10.8 Å². The Hall–Kier alpha value is -2.79. The van der Waals surface area contributed by atoms with Crippen molar-refractivity contribution in [2.24, 2.45) is 0 Å². The number of amides is 2. The molecule has 0 saturated carbocycles. The number of ether oxygens (including phenoxy) is 1. The highest BCUT2D eigenvalue weighted by Crippen LogP contribution is 2.21. The fourth-order valence-corrected chi connectivity index (χ4v) is 4.22. The largest absolute Gasteiger partial charge is 0.384 e. The monoisotopic (exact) mass is 462 g/mol. The molecule has 1 aliphatic heterocycles. The van der Waals surface area contributed by atoms with E-state index in [1.165, 1.54) is 13.3 Å². The van der Waals surface area contributed by atoms with Crippen molar-refractivity contribution < 1.29 is 19.1 Å². The van der Waals surface area contributed by atoms with Crippen molar-refractivity contribution in [3.63, 3.8) is 0 Å². The summed E-state index contributed by atoms with van der Waals surface area (Å²) in [7, 11) is 1.52. The second kappa shape index (κ2) is 12.3. The molecule has 0 aliphatic carbocycles. The number of nitrogens with one attached hydrogen (secondary N) is 2. The first kappa shape index (κ1) is 23.9. The van der Waals surface area contributed by atoms with Crippen LogP contribution in [0.15, 0.2) is 24.9 Å². The van der Waals surface area contributed by atoms with Crippen LogP contribution in [0.25, 0.3) is 0 Å². The van der Waals surface area contributed by atoms with E-state index in [4.69, 9.17) is 4.74 Å². The normalized spacial score (nSPS) is 14.7. The first-order valence-electron chi connectivity index (χ1n) is 10.8. The fraction of sp³-hybridized carbons (Fsp3) is 0.571. The molecule has 0 spiro atoms. The van der Waals surface area contributed by atoms with Crippen LogP contribution < -0.4 is 10.6 Å². The molecule has 0 radical (unpaired) electrons. The molecule has 174 valence electrons. The molecule has 0 aromatic carbocycles. The molecule has 2 aromatic heterocycles. The second-order valence-electron chi connectivity index (χ2n) is 7.61. The lowest BCUT2D eigenvalue weighted by atomic mass is 10.1. The van der Waals surface area contributed by atoms with E-state index in [0.717, 1.165) is 43.6 Å². The van der Waals surface area contributed by atoms with Crippen LogP contribution in [0, 0.1) is 0 Å². The van der Waals surface area contributed by atoms with Crippen molar-refractivity contribution in [2.75, 3.05) is 38.7 Å². The van der Waals surface area contributed by atoms with Gasteiger partial charge in [-0.15, -0.1) is 0 Å². The molecule has 32 heavy (non-hydrogen) atoms. The van der Waals surface area contributed by atoms with Gasteiger partial charge < -0.3 is 24.8 Å². The lowest BCUT2D eigenvalue weighted by Crippen LogP contribution is -2.49. The zero-order valence-electron chi connectivity index (χ0n) is 18.3. The van der Waals surface area contributed by atoms with E-state index >= 15 is 0 Å². The Labute approximate surface area is 191 Å². The van der Waals surface area contributed by atoms with Gasteiger partial charge in [0.1, 0.15) is 4.88 Å². The maximum absolute atomic E-state index is 13.0. The molecule has 2 N–H and O–H groups in total. The SMILES string of the molecule is COCCC(=O)C(Nc1ncc(C(=O)NCCCn2ccnc2)s1)C(=O)N1CCCCC1. The molecule has 11 heteroatoms. The van der Waals surface area contributed by atoms with Crippen LogP contribution in [0.4, 0.5) is 5.13 Å². The first-order valence-corrected chi connectivity index (χ1v) is 11.7. The third-order valence-corrected chi connectivity index (χ3v) is 6.15. The minimum absolute atomic E-state index is 0.128. The number of nitrogens with zero attached hydrogens (tertiary/aromatic N) is 4. The minimum Gasteiger partial charge on any atom is -0.384 e. The summed E-state index contributed by atoms with van der Waals surface area (Å²) < 4.78 is 6.94. The number of piperidine rings is 1. The third kappa shape index (κ3) is 6.86. The number of carbonyl (C=O) groups excluding carboxylic acids is 3. The van der Waals surface area contributed by atoms with E-state index in [-0.39, 0.29) is 30.6 Å². The number of imidazole rings is 1. The zero-order chi connectivity index (χ0) is 22.8. The van der Waals surface area contributed by atoms with Crippen molar-refractivity contribution in [2.45, 2.75) is 44.7 Å². The predicted molar refractivity (Wildman–Crippen MR) is 121 cm³/mol. The summed E-state index contributed by atoms with van der Waals surface area (Å²) in [5.74, 6) is -0.722. The quantitative estimate of drug-likeness (QED) is 0.363. The van der Waals surface area contributed by atoms with Crippen molar-refractivity contribution in [3.8, 4) is 0 Å². The number of aromatic nitrogens is 3. The average molecular weight is 463 g/mol. The average Bonchev–Trinajstić information content (AvgIpc) is 3.51. The number of hydrogen-bond donors (Lipinski definition) is 2. The molecule has 3 rings (SSSR count). The van der Waals surface area contributed by atoms with Crippen LogP contribution in [0.1, 0.15) is 41.8 Å². The maximum atomic E-state index is 13.0. The van der Waals surface area contributed by atoms with Crippen LogP contribution in [0.3, 0.4) is 0 Å². The summed E-state index contributed by atoms with van der Waals surface area (Å²) >= 11 is 1.13. The number of ketones is 1. The van der Waals surface area contributed by atoms with Gasteiger partial charge >= 0.3 is 0 Å². The Bertz CT molecular complexity index is 879. The van der Waals surface area contributed by atoms with Crippen LogP contribution in [0.5, 0.6) is 0 Å². The van der Waals surface area contributed by atoms with Gasteiger partial charge in [0.25, 0.3) is 11.8 Å². The second-order valence-corrected chi connectivity index (χ2v) is 8.64. The summed E-state index contributed by atoms with van der Waals surface area (Å²) in [6.07, 6.45) is 10.6. The Balaban J connectivity index is 1.56. The molecule has 2 aromatic rings. The Kier molecular flexibility index (Phi) is 9.17. The highest BCUT2D eigenvalue weighted by atomic mass is 32.1. The van der Waals surface area contributed by atoms with E-state index < -0.39 is 6.04 Å². The van der Waals surface area contributed by atoms with Gasteiger partial charge in [0, 0.05) is 52.1 Å². The predicted octanol–water partition coefficient (Wildman–Crippen LogP) is 1.56. The number of methoxy groups -OCH3 is 1. The summed E-state index contributed by atoms with van der Waals surface area (Å²) in [5.41, 5.74) is 0. The number of hydrogen-bond acceptors (Lipinski definition) is 8.